The minimum absolute atomic E-state index is 0.787. The third-order valence-electron chi connectivity index (χ3n) is 2.72. The van der Waals surface area contributed by atoms with Gasteiger partial charge in [0.2, 0.25) is 0 Å². The summed E-state index contributed by atoms with van der Waals surface area (Å²) in [5.41, 5.74) is 4.23. The van der Waals surface area contributed by atoms with Crippen LogP contribution < -0.4 is 0 Å². The van der Waals surface area contributed by atoms with Crippen LogP contribution in [-0.2, 0) is 6.54 Å². The van der Waals surface area contributed by atoms with Crippen molar-refractivity contribution in [3.05, 3.63) is 54.2 Å². The van der Waals surface area contributed by atoms with Crippen molar-refractivity contribution in [1.82, 2.24) is 19.5 Å². The highest BCUT2D eigenvalue weighted by atomic mass is 15.1. The molecule has 0 aliphatic carbocycles. The molecular formula is C13H12N4. The third-order valence-corrected chi connectivity index (χ3v) is 2.72. The second-order valence-electron chi connectivity index (χ2n) is 4.09. The lowest BCUT2D eigenvalue weighted by molar-refractivity contribution is 0.812. The minimum Gasteiger partial charge on any atom is -0.311 e. The highest BCUT2D eigenvalue weighted by Crippen LogP contribution is 2.11. The van der Waals surface area contributed by atoms with Gasteiger partial charge in [-0.15, -0.1) is 0 Å². The molecule has 4 heteroatoms. The lowest BCUT2D eigenvalue weighted by Crippen LogP contribution is -1.99. The zero-order valence-corrected chi connectivity index (χ0v) is 9.54. The summed E-state index contributed by atoms with van der Waals surface area (Å²) in [7, 11) is 0. The van der Waals surface area contributed by atoms with Crippen molar-refractivity contribution in [2.75, 3.05) is 0 Å². The Labute approximate surface area is 99.0 Å². The van der Waals surface area contributed by atoms with Crippen LogP contribution in [-0.4, -0.2) is 19.5 Å². The van der Waals surface area contributed by atoms with E-state index >= 15 is 0 Å². The number of benzene rings is 1. The van der Waals surface area contributed by atoms with E-state index in [-0.39, 0.29) is 0 Å². The van der Waals surface area contributed by atoms with Gasteiger partial charge in [0.25, 0.3) is 0 Å². The molecule has 2 aromatic heterocycles. The van der Waals surface area contributed by atoms with Crippen LogP contribution in [0.15, 0.2) is 43.1 Å². The van der Waals surface area contributed by atoms with Gasteiger partial charge in [0.15, 0.2) is 5.65 Å². The Balaban J connectivity index is 2.00. The number of hydrogen-bond donors (Lipinski definition) is 0. The van der Waals surface area contributed by atoms with Crippen molar-refractivity contribution >= 4 is 11.2 Å². The fraction of sp³-hybridized carbons (Fsp3) is 0.154. The zero-order chi connectivity index (χ0) is 11.7. The monoisotopic (exact) mass is 224 g/mol. The zero-order valence-electron chi connectivity index (χ0n) is 9.54. The van der Waals surface area contributed by atoms with E-state index in [1.807, 2.05) is 10.9 Å². The SMILES string of the molecule is Cc1cccc(Cn2cnc3cncnc32)c1. The Morgan fingerprint density at radius 1 is 1.24 bits per heavy atom. The van der Waals surface area contributed by atoms with Gasteiger partial charge in [0.1, 0.15) is 11.8 Å². The van der Waals surface area contributed by atoms with E-state index in [0.717, 1.165) is 17.7 Å². The summed E-state index contributed by atoms with van der Waals surface area (Å²) in [6, 6.07) is 8.45. The molecule has 17 heavy (non-hydrogen) atoms. The fourth-order valence-corrected chi connectivity index (χ4v) is 1.94. The van der Waals surface area contributed by atoms with Gasteiger partial charge < -0.3 is 4.57 Å². The van der Waals surface area contributed by atoms with Crippen molar-refractivity contribution in [3.63, 3.8) is 0 Å². The summed E-state index contributed by atoms with van der Waals surface area (Å²) in [5, 5.41) is 0. The van der Waals surface area contributed by atoms with Crippen molar-refractivity contribution < 1.29 is 0 Å². The molecule has 3 rings (SSSR count). The molecular weight excluding hydrogens is 212 g/mol. The summed E-state index contributed by atoms with van der Waals surface area (Å²) in [4.78, 5) is 12.5. The number of hydrogen-bond acceptors (Lipinski definition) is 3. The molecule has 2 heterocycles. The predicted molar refractivity (Wildman–Crippen MR) is 65.6 cm³/mol. The number of aromatic nitrogens is 4. The maximum atomic E-state index is 4.28. The van der Waals surface area contributed by atoms with Crippen LogP contribution in [0.1, 0.15) is 11.1 Å². The second-order valence-corrected chi connectivity index (χ2v) is 4.09. The molecule has 0 unspecified atom stereocenters. The molecule has 0 aliphatic rings. The van der Waals surface area contributed by atoms with Gasteiger partial charge in [-0.3, -0.25) is 0 Å². The van der Waals surface area contributed by atoms with E-state index < -0.39 is 0 Å². The molecule has 3 aromatic rings. The smallest absolute Gasteiger partial charge is 0.163 e. The van der Waals surface area contributed by atoms with Crippen LogP contribution >= 0.6 is 0 Å². The van der Waals surface area contributed by atoms with Crippen molar-refractivity contribution in [2.45, 2.75) is 13.5 Å². The van der Waals surface area contributed by atoms with Crippen LogP contribution in [0.4, 0.5) is 0 Å². The fourth-order valence-electron chi connectivity index (χ4n) is 1.94. The molecule has 0 saturated carbocycles. The maximum absolute atomic E-state index is 4.28. The first-order valence-electron chi connectivity index (χ1n) is 5.49. The Morgan fingerprint density at radius 2 is 2.18 bits per heavy atom. The Kier molecular flexibility index (Phi) is 2.33. The van der Waals surface area contributed by atoms with Crippen molar-refractivity contribution in [1.29, 1.82) is 0 Å². The molecule has 4 nitrogen and oxygen atoms in total. The minimum atomic E-state index is 0.787. The molecule has 84 valence electrons. The molecule has 0 saturated heterocycles. The van der Waals surface area contributed by atoms with E-state index in [9.17, 15) is 0 Å². The van der Waals surface area contributed by atoms with Crippen LogP contribution in [0.25, 0.3) is 11.2 Å². The summed E-state index contributed by atoms with van der Waals surface area (Å²) >= 11 is 0. The first-order chi connectivity index (χ1) is 8.33. The van der Waals surface area contributed by atoms with E-state index in [1.54, 1.807) is 12.5 Å². The van der Waals surface area contributed by atoms with Gasteiger partial charge in [-0.1, -0.05) is 29.8 Å². The summed E-state index contributed by atoms with van der Waals surface area (Å²) in [6.45, 7) is 2.88. The Bertz CT molecular complexity index is 657. The molecule has 0 spiro atoms. The Hall–Kier alpha value is -2.23. The molecule has 1 aromatic carbocycles. The first-order valence-corrected chi connectivity index (χ1v) is 5.49. The normalized spacial score (nSPS) is 10.9. The van der Waals surface area contributed by atoms with Crippen LogP contribution in [0.3, 0.4) is 0 Å². The lowest BCUT2D eigenvalue weighted by atomic mass is 10.1. The summed E-state index contributed by atoms with van der Waals surface area (Å²) < 4.78 is 2.03. The highest BCUT2D eigenvalue weighted by molar-refractivity contribution is 5.68. The number of nitrogens with zero attached hydrogens (tertiary/aromatic N) is 4. The quantitative estimate of drug-likeness (QED) is 0.670. The molecule has 0 aliphatic heterocycles. The third kappa shape index (κ3) is 1.89. The van der Waals surface area contributed by atoms with Crippen LogP contribution in [0.2, 0.25) is 0 Å². The number of aryl methyl sites for hydroxylation is 1. The standard InChI is InChI=1S/C13H12N4/c1-10-3-2-4-11(5-10)7-17-9-16-12-6-14-8-15-13(12)17/h2-6,8-9H,7H2,1H3. The van der Waals surface area contributed by atoms with Crippen LogP contribution in [0, 0.1) is 6.92 Å². The molecule has 0 bridgehead atoms. The van der Waals surface area contributed by atoms with Gasteiger partial charge in [-0.25, -0.2) is 15.0 Å². The number of imidazole rings is 1. The molecule has 0 N–H and O–H groups in total. The number of fused-ring (bicyclic) bond motifs is 1. The predicted octanol–water partition coefficient (Wildman–Crippen LogP) is 2.18. The van der Waals surface area contributed by atoms with Gasteiger partial charge in [-0.2, -0.15) is 0 Å². The topological polar surface area (TPSA) is 43.6 Å². The maximum Gasteiger partial charge on any atom is 0.163 e. The highest BCUT2D eigenvalue weighted by Gasteiger charge is 2.03. The average molecular weight is 224 g/mol. The Morgan fingerprint density at radius 3 is 3.06 bits per heavy atom. The van der Waals surface area contributed by atoms with Gasteiger partial charge >= 0.3 is 0 Å². The lowest BCUT2D eigenvalue weighted by Gasteiger charge is -2.04. The van der Waals surface area contributed by atoms with Crippen LogP contribution in [0.5, 0.6) is 0 Å². The van der Waals surface area contributed by atoms with E-state index in [4.69, 9.17) is 0 Å². The second kappa shape index (κ2) is 3.97. The molecule has 0 fully saturated rings. The van der Waals surface area contributed by atoms with E-state index in [0.29, 0.717) is 0 Å². The summed E-state index contributed by atoms with van der Waals surface area (Å²) in [6.07, 6.45) is 5.09. The van der Waals surface area contributed by atoms with Gasteiger partial charge in [-0.05, 0) is 12.5 Å². The average Bonchev–Trinajstić information content (AvgIpc) is 2.73. The first kappa shape index (κ1) is 9.96. The van der Waals surface area contributed by atoms with Gasteiger partial charge in [0.05, 0.1) is 19.1 Å². The van der Waals surface area contributed by atoms with E-state index in [2.05, 4.69) is 46.1 Å². The molecule has 0 atom stereocenters. The van der Waals surface area contributed by atoms with Crippen molar-refractivity contribution in [3.8, 4) is 0 Å². The van der Waals surface area contributed by atoms with Crippen molar-refractivity contribution in [2.24, 2.45) is 0 Å². The largest absolute Gasteiger partial charge is 0.311 e. The van der Waals surface area contributed by atoms with Gasteiger partial charge in [0, 0.05) is 0 Å². The van der Waals surface area contributed by atoms with E-state index in [1.165, 1.54) is 11.1 Å². The molecule has 0 amide bonds. The summed E-state index contributed by atoms with van der Waals surface area (Å²) in [5.74, 6) is 0. The molecule has 0 radical (unpaired) electrons. The number of rotatable bonds is 2.